The van der Waals surface area contributed by atoms with Crippen LogP contribution in [0.15, 0.2) is 69.1 Å². The summed E-state index contributed by atoms with van der Waals surface area (Å²) in [6.45, 7) is 4.37. The number of nitrogens with zero attached hydrogens (tertiary/aromatic N) is 3. The number of thioether (sulfide) groups is 1. The predicted molar refractivity (Wildman–Crippen MR) is 126 cm³/mol. The molecule has 1 fully saturated rings. The molecular weight excluding hydrogens is 460 g/mol. The fourth-order valence-electron chi connectivity index (χ4n) is 3.38. The van der Waals surface area contributed by atoms with Crippen LogP contribution in [-0.4, -0.2) is 48.0 Å². The van der Waals surface area contributed by atoms with Crippen LogP contribution in [0, 0.1) is 0 Å². The lowest BCUT2D eigenvalue weighted by atomic mass is 10.1. The van der Waals surface area contributed by atoms with Gasteiger partial charge in [0.25, 0.3) is 5.22 Å². The molecule has 1 amide bonds. The van der Waals surface area contributed by atoms with E-state index in [1.165, 1.54) is 22.1 Å². The molecule has 10 heteroatoms. The fourth-order valence-corrected chi connectivity index (χ4v) is 5.77. The maximum Gasteiger partial charge on any atom is 0.277 e. The van der Waals surface area contributed by atoms with Gasteiger partial charge in [-0.05, 0) is 48.4 Å². The normalized spacial score (nSPS) is 14.9. The van der Waals surface area contributed by atoms with E-state index in [9.17, 15) is 13.2 Å². The molecule has 1 N–H and O–H groups in total. The molecule has 1 aromatic heterocycles. The molecule has 174 valence electrons. The number of hydrogen-bond donors (Lipinski definition) is 1. The minimum absolute atomic E-state index is 0.0965. The molecule has 0 bridgehead atoms. The SMILES string of the molecule is CCN(CC)S(=O)(=O)c1cccc(-c2nnc(S[C@@H](C(=O)NC3CC3)c3ccccc3)o2)c1. The van der Waals surface area contributed by atoms with E-state index in [4.69, 9.17) is 4.42 Å². The van der Waals surface area contributed by atoms with Crippen LogP contribution in [-0.2, 0) is 14.8 Å². The molecule has 1 aliphatic carbocycles. The molecular formula is C23H26N4O4S2. The Morgan fingerprint density at radius 3 is 2.52 bits per heavy atom. The summed E-state index contributed by atoms with van der Waals surface area (Å²) >= 11 is 1.18. The third-order valence-electron chi connectivity index (χ3n) is 5.31. The van der Waals surface area contributed by atoms with Gasteiger partial charge in [0, 0.05) is 24.7 Å². The lowest BCUT2D eigenvalue weighted by Gasteiger charge is -2.18. The molecule has 1 aliphatic rings. The highest BCUT2D eigenvalue weighted by molar-refractivity contribution is 8.00. The molecule has 0 saturated heterocycles. The zero-order valence-corrected chi connectivity index (χ0v) is 20.1. The minimum Gasteiger partial charge on any atom is -0.411 e. The van der Waals surface area contributed by atoms with E-state index in [0.29, 0.717) is 18.7 Å². The van der Waals surface area contributed by atoms with Gasteiger partial charge < -0.3 is 9.73 Å². The number of carbonyl (C=O) groups is 1. The average molecular weight is 487 g/mol. The van der Waals surface area contributed by atoms with Gasteiger partial charge in [-0.15, -0.1) is 10.2 Å². The van der Waals surface area contributed by atoms with E-state index in [1.54, 1.807) is 32.0 Å². The molecule has 8 nitrogen and oxygen atoms in total. The Kier molecular flexibility index (Phi) is 7.16. The van der Waals surface area contributed by atoms with Crippen LogP contribution in [0.3, 0.4) is 0 Å². The third-order valence-corrected chi connectivity index (χ3v) is 8.45. The number of nitrogens with one attached hydrogen (secondary N) is 1. The zero-order chi connectivity index (χ0) is 23.4. The molecule has 0 unspecified atom stereocenters. The van der Waals surface area contributed by atoms with E-state index >= 15 is 0 Å². The highest BCUT2D eigenvalue weighted by Crippen LogP contribution is 2.37. The topological polar surface area (TPSA) is 105 Å². The molecule has 1 heterocycles. The molecule has 0 radical (unpaired) electrons. The third kappa shape index (κ3) is 5.45. The number of amides is 1. The number of benzene rings is 2. The predicted octanol–water partition coefficient (Wildman–Crippen LogP) is 3.88. The van der Waals surface area contributed by atoms with Crippen molar-refractivity contribution in [2.24, 2.45) is 0 Å². The molecule has 1 saturated carbocycles. The first kappa shape index (κ1) is 23.5. The van der Waals surface area contributed by atoms with Gasteiger partial charge in [-0.1, -0.05) is 50.2 Å². The van der Waals surface area contributed by atoms with E-state index in [2.05, 4.69) is 15.5 Å². The van der Waals surface area contributed by atoms with Gasteiger partial charge in [0.1, 0.15) is 5.25 Å². The summed E-state index contributed by atoms with van der Waals surface area (Å²) in [6, 6.07) is 16.1. The van der Waals surface area contributed by atoms with Crippen LogP contribution in [0.5, 0.6) is 0 Å². The monoisotopic (exact) mass is 486 g/mol. The molecule has 0 spiro atoms. The highest BCUT2D eigenvalue weighted by atomic mass is 32.2. The number of hydrogen-bond acceptors (Lipinski definition) is 7. The largest absolute Gasteiger partial charge is 0.411 e. The van der Waals surface area contributed by atoms with Crippen molar-refractivity contribution in [2.75, 3.05) is 13.1 Å². The first-order chi connectivity index (χ1) is 15.9. The number of carbonyl (C=O) groups excluding carboxylic acids is 1. The molecule has 3 aromatic rings. The van der Waals surface area contributed by atoms with E-state index < -0.39 is 15.3 Å². The fraction of sp³-hybridized carbons (Fsp3) is 0.348. The minimum atomic E-state index is -3.61. The van der Waals surface area contributed by atoms with Crippen LogP contribution >= 0.6 is 11.8 Å². The van der Waals surface area contributed by atoms with Crippen molar-refractivity contribution in [3.8, 4) is 11.5 Å². The van der Waals surface area contributed by atoms with E-state index in [1.807, 2.05) is 30.3 Å². The quantitative estimate of drug-likeness (QED) is 0.434. The summed E-state index contributed by atoms with van der Waals surface area (Å²) in [4.78, 5) is 13.0. The van der Waals surface area contributed by atoms with Gasteiger partial charge in [-0.3, -0.25) is 4.79 Å². The Morgan fingerprint density at radius 2 is 1.85 bits per heavy atom. The average Bonchev–Trinajstić information content (AvgIpc) is 3.52. The maximum atomic E-state index is 12.9. The van der Waals surface area contributed by atoms with Crippen LogP contribution in [0.4, 0.5) is 0 Å². The number of aromatic nitrogens is 2. The summed E-state index contributed by atoms with van der Waals surface area (Å²) in [5.41, 5.74) is 1.34. The Hall–Kier alpha value is -2.69. The van der Waals surface area contributed by atoms with E-state index in [-0.39, 0.29) is 28.0 Å². The smallest absolute Gasteiger partial charge is 0.277 e. The van der Waals surface area contributed by atoms with Crippen molar-refractivity contribution < 1.29 is 17.6 Å². The highest BCUT2D eigenvalue weighted by Gasteiger charge is 2.30. The number of rotatable bonds is 10. The van der Waals surface area contributed by atoms with Gasteiger partial charge >= 0.3 is 0 Å². The van der Waals surface area contributed by atoms with Crippen molar-refractivity contribution in [2.45, 2.75) is 48.1 Å². The molecule has 4 rings (SSSR count). The molecule has 1 atom stereocenters. The Labute approximate surface area is 197 Å². The maximum absolute atomic E-state index is 12.9. The van der Waals surface area contributed by atoms with Crippen molar-refractivity contribution in [1.82, 2.24) is 19.8 Å². The number of sulfonamides is 1. The van der Waals surface area contributed by atoms with Crippen LogP contribution in [0.1, 0.15) is 37.5 Å². The molecule has 2 aromatic carbocycles. The lowest BCUT2D eigenvalue weighted by Crippen LogP contribution is -2.30. The lowest BCUT2D eigenvalue weighted by molar-refractivity contribution is -0.120. The Bertz CT molecular complexity index is 1210. The summed E-state index contributed by atoms with van der Waals surface area (Å²) < 4.78 is 32.9. The first-order valence-corrected chi connectivity index (χ1v) is 13.2. The van der Waals surface area contributed by atoms with Gasteiger partial charge in [0.2, 0.25) is 21.8 Å². The van der Waals surface area contributed by atoms with Gasteiger partial charge in [-0.2, -0.15) is 4.31 Å². The second-order valence-corrected chi connectivity index (χ2v) is 10.7. The van der Waals surface area contributed by atoms with Gasteiger partial charge in [-0.25, -0.2) is 8.42 Å². The summed E-state index contributed by atoms with van der Waals surface area (Å²) in [5, 5.41) is 10.9. The van der Waals surface area contributed by atoms with Crippen molar-refractivity contribution in [1.29, 1.82) is 0 Å². The first-order valence-electron chi connectivity index (χ1n) is 10.9. The summed E-state index contributed by atoms with van der Waals surface area (Å²) in [5.74, 6) is 0.101. The second kappa shape index (κ2) is 10.1. The standard InChI is InChI=1S/C23H26N4O4S2/c1-3-27(4-2)33(29,30)19-12-8-11-17(15-19)22-25-26-23(31-22)32-20(16-9-6-5-7-10-16)21(28)24-18-13-14-18/h5-12,15,18,20H,3-4,13-14H2,1-2H3,(H,24,28)/t20-/m1/s1. The van der Waals surface area contributed by atoms with Crippen molar-refractivity contribution >= 4 is 27.7 Å². The summed E-state index contributed by atoms with van der Waals surface area (Å²) in [7, 11) is -3.61. The second-order valence-electron chi connectivity index (χ2n) is 7.68. The van der Waals surface area contributed by atoms with Crippen molar-refractivity contribution in [3.05, 3.63) is 60.2 Å². The van der Waals surface area contributed by atoms with Crippen LogP contribution in [0.2, 0.25) is 0 Å². The van der Waals surface area contributed by atoms with E-state index in [0.717, 1.165) is 18.4 Å². The van der Waals surface area contributed by atoms with Crippen LogP contribution < -0.4 is 5.32 Å². The van der Waals surface area contributed by atoms with Gasteiger partial charge in [0.15, 0.2) is 0 Å². The Balaban J connectivity index is 1.57. The zero-order valence-electron chi connectivity index (χ0n) is 18.5. The van der Waals surface area contributed by atoms with Crippen molar-refractivity contribution in [3.63, 3.8) is 0 Å². The van der Waals surface area contributed by atoms with Crippen LogP contribution in [0.25, 0.3) is 11.5 Å². The molecule has 0 aliphatic heterocycles. The van der Waals surface area contributed by atoms with Gasteiger partial charge in [0.05, 0.1) is 4.90 Å². The molecule has 33 heavy (non-hydrogen) atoms. The summed E-state index contributed by atoms with van der Waals surface area (Å²) in [6.07, 6.45) is 1.99. The Morgan fingerprint density at radius 1 is 1.12 bits per heavy atom.